The van der Waals surface area contributed by atoms with Crippen LogP contribution in [0.15, 0.2) is 30.3 Å². The van der Waals surface area contributed by atoms with Gasteiger partial charge in [-0.15, -0.1) is 11.3 Å². The molecule has 0 radical (unpaired) electrons. The molecule has 1 atom stereocenters. The number of carbonyl (C=O) groups excluding carboxylic acids is 1. The summed E-state index contributed by atoms with van der Waals surface area (Å²) >= 11 is 1.68. The number of carbonyl (C=O) groups is 1. The van der Waals surface area contributed by atoms with Crippen LogP contribution in [-0.4, -0.2) is 30.6 Å². The predicted octanol–water partition coefficient (Wildman–Crippen LogP) is 2.81. The van der Waals surface area contributed by atoms with Crippen LogP contribution in [0, 0.1) is 6.92 Å². The largest absolute Gasteiger partial charge is 0.372 e. The predicted molar refractivity (Wildman–Crippen MR) is 85.5 cm³/mol. The molecule has 2 rings (SSSR count). The number of methoxy groups -OCH3 is 1. The van der Waals surface area contributed by atoms with Gasteiger partial charge in [-0.1, -0.05) is 30.3 Å². The van der Waals surface area contributed by atoms with E-state index in [0.717, 1.165) is 22.7 Å². The van der Waals surface area contributed by atoms with Crippen molar-refractivity contribution in [2.45, 2.75) is 26.4 Å². The van der Waals surface area contributed by atoms with Crippen LogP contribution in [0.2, 0.25) is 0 Å². The average Bonchev–Trinajstić information content (AvgIpc) is 2.88. The average molecular weight is 304 g/mol. The summed E-state index contributed by atoms with van der Waals surface area (Å²) in [7, 11) is 1.53. The first-order valence-electron chi connectivity index (χ1n) is 6.94. The second-order valence-electron chi connectivity index (χ2n) is 4.80. The molecule has 1 aromatic carbocycles. The molecule has 4 nitrogen and oxygen atoms in total. The van der Waals surface area contributed by atoms with E-state index in [1.165, 1.54) is 12.0 Å². The van der Waals surface area contributed by atoms with Crippen molar-refractivity contribution < 1.29 is 9.53 Å². The lowest BCUT2D eigenvalue weighted by molar-refractivity contribution is -0.129. The number of nitrogens with zero attached hydrogens (tertiary/aromatic N) is 1. The van der Waals surface area contributed by atoms with Crippen molar-refractivity contribution in [3.05, 3.63) is 40.2 Å². The molecule has 5 heteroatoms. The highest BCUT2D eigenvalue weighted by atomic mass is 32.1. The standard InChI is InChI=1S/C16H20N2O2S/c1-11(20-3)16(19)17-10-9-14-18-15(12(2)21-14)13-7-5-4-6-8-13/h4-8,11H,9-10H2,1-3H3,(H,17,19)/t11-/m0/s1. The Labute approximate surface area is 129 Å². The van der Waals surface area contributed by atoms with Gasteiger partial charge < -0.3 is 10.1 Å². The second-order valence-corrected chi connectivity index (χ2v) is 6.09. The van der Waals surface area contributed by atoms with Crippen LogP contribution in [0.4, 0.5) is 0 Å². The van der Waals surface area contributed by atoms with Gasteiger partial charge in [-0.2, -0.15) is 0 Å². The fourth-order valence-electron chi connectivity index (χ4n) is 1.97. The van der Waals surface area contributed by atoms with Crippen LogP contribution >= 0.6 is 11.3 Å². The Morgan fingerprint density at radius 3 is 2.76 bits per heavy atom. The highest BCUT2D eigenvalue weighted by Gasteiger charge is 2.12. The van der Waals surface area contributed by atoms with Gasteiger partial charge in [0.2, 0.25) is 5.91 Å². The minimum atomic E-state index is -0.414. The minimum absolute atomic E-state index is 0.0888. The zero-order chi connectivity index (χ0) is 15.2. The van der Waals surface area contributed by atoms with E-state index < -0.39 is 6.10 Å². The molecule has 0 bridgehead atoms. The first-order chi connectivity index (χ1) is 10.1. The van der Waals surface area contributed by atoms with Crippen molar-refractivity contribution in [3.8, 4) is 11.3 Å². The lowest BCUT2D eigenvalue weighted by Gasteiger charge is -2.09. The van der Waals surface area contributed by atoms with E-state index in [0.29, 0.717) is 6.54 Å². The van der Waals surface area contributed by atoms with Gasteiger partial charge in [-0.25, -0.2) is 4.98 Å². The van der Waals surface area contributed by atoms with Gasteiger partial charge in [0.15, 0.2) is 0 Å². The summed E-state index contributed by atoms with van der Waals surface area (Å²) in [6, 6.07) is 10.2. The summed E-state index contributed by atoms with van der Waals surface area (Å²) < 4.78 is 4.97. The summed E-state index contributed by atoms with van der Waals surface area (Å²) in [5.41, 5.74) is 2.17. The molecular formula is C16H20N2O2S. The number of amides is 1. The molecule has 0 saturated carbocycles. The lowest BCUT2D eigenvalue weighted by Crippen LogP contribution is -2.35. The zero-order valence-electron chi connectivity index (χ0n) is 12.6. The maximum absolute atomic E-state index is 11.6. The fourth-order valence-corrected chi connectivity index (χ4v) is 2.92. The molecule has 1 aromatic heterocycles. The summed E-state index contributed by atoms with van der Waals surface area (Å²) in [6.45, 7) is 4.39. The number of nitrogens with one attached hydrogen (secondary N) is 1. The van der Waals surface area contributed by atoms with Gasteiger partial charge in [0.1, 0.15) is 6.10 Å². The van der Waals surface area contributed by atoms with Gasteiger partial charge in [-0.05, 0) is 13.8 Å². The molecule has 21 heavy (non-hydrogen) atoms. The van der Waals surface area contributed by atoms with Crippen molar-refractivity contribution >= 4 is 17.2 Å². The molecular weight excluding hydrogens is 284 g/mol. The lowest BCUT2D eigenvalue weighted by atomic mass is 10.1. The van der Waals surface area contributed by atoms with Gasteiger partial charge in [0.05, 0.1) is 10.7 Å². The van der Waals surface area contributed by atoms with Crippen molar-refractivity contribution in [1.82, 2.24) is 10.3 Å². The molecule has 0 aliphatic carbocycles. The van der Waals surface area contributed by atoms with Gasteiger partial charge in [0, 0.05) is 30.5 Å². The molecule has 112 valence electrons. The van der Waals surface area contributed by atoms with Crippen molar-refractivity contribution in [2.75, 3.05) is 13.7 Å². The number of benzene rings is 1. The van der Waals surface area contributed by atoms with Crippen molar-refractivity contribution in [3.63, 3.8) is 0 Å². The van der Waals surface area contributed by atoms with Gasteiger partial charge >= 0.3 is 0 Å². The molecule has 0 unspecified atom stereocenters. The van der Waals surface area contributed by atoms with Crippen LogP contribution in [0.25, 0.3) is 11.3 Å². The quantitative estimate of drug-likeness (QED) is 0.893. The third kappa shape index (κ3) is 4.12. The molecule has 0 fully saturated rings. The highest BCUT2D eigenvalue weighted by molar-refractivity contribution is 7.12. The van der Waals surface area contributed by atoms with Crippen LogP contribution in [0.5, 0.6) is 0 Å². The van der Waals surface area contributed by atoms with E-state index >= 15 is 0 Å². The third-order valence-electron chi connectivity index (χ3n) is 3.25. The molecule has 1 amide bonds. The van der Waals surface area contributed by atoms with Crippen molar-refractivity contribution in [1.29, 1.82) is 0 Å². The highest BCUT2D eigenvalue weighted by Crippen LogP contribution is 2.27. The Bertz CT molecular complexity index is 596. The second kappa shape index (κ2) is 7.33. The smallest absolute Gasteiger partial charge is 0.248 e. The van der Waals surface area contributed by atoms with Gasteiger partial charge in [-0.3, -0.25) is 4.79 Å². The summed E-state index contributed by atoms with van der Waals surface area (Å²) in [5.74, 6) is -0.0888. The Morgan fingerprint density at radius 2 is 2.10 bits per heavy atom. The van der Waals surface area contributed by atoms with Gasteiger partial charge in [0.25, 0.3) is 0 Å². The molecule has 0 aliphatic heterocycles. The Hall–Kier alpha value is -1.72. The van der Waals surface area contributed by atoms with E-state index in [4.69, 9.17) is 4.74 Å². The van der Waals surface area contributed by atoms with E-state index in [1.807, 2.05) is 18.2 Å². The maximum atomic E-state index is 11.6. The summed E-state index contributed by atoms with van der Waals surface area (Å²) in [5, 5.41) is 3.89. The van der Waals surface area contributed by atoms with Crippen LogP contribution in [-0.2, 0) is 16.0 Å². The molecule has 0 saturated heterocycles. The summed E-state index contributed by atoms with van der Waals surface area (Å²) in [4.78, 5) is 17.5. The Balaban J connectivity index is 1.96. The van der Waals surface area contributed by atoms with Crippen LogP contribution < -0.4 is 5.32 Å². The molecule has 1 N–H and O–H groups in total. The van der Waals surface area contributed by atoms with E-state index in [9.17, 15) is 4.79 Å². The number of ether oxygens (including phenoxy) is 1. The number of aryl methyl sites for hydroxylation is 1. The third-order valence-corrected chi connectivity index (χ3v) is 4.28. The topological polar surface area (TPSA) is 51.2 Å². The number of hydrogen-bond donors (Lipinski definition) is 1. The van der Waals surface area contributed by atoms with Crippen LogP contribution in [0.3, 0.4) is 0 Å². The first-order valence-corrected chi connectivity index (χ1v) is 7.75. The number of aromatic nitrogens is 1. The van der Waals surface area contributed by atoms with Crippen LogP contribution in [0.1, 0.15) is 16.8 Å². The minimum Gasteiger partial charge on any atom is -0.372 e. The molecule has 2 aromatic rings. The molecule has 1 heterocycles. The number of hydrogen-bond acceptors (Lipinski definition) is 4. The van der Waals surface area contributed by atoms with E-state index in [2.05, 4.69) is 29.4 Å². The normalized spacial score (nSPS) is 12.1. The van der Waals surface area contributed by atoms with E-state index in [1.54, 1.807) is 18.3 Å². The SMILES string of the molecule is CO[C@@H](C)C(=O)NCCc1nc(-c2ccccc2)c(C)s1. The summed E-state index contributed by atoms with van der Waals surface area (Å²) in [6.07, 6.45) is 0.323. The Morgan fingerprint density at radius 1 is 1.38 bits per heavy atom. The number of thiazole rings is 1. The zero-order valence-corrected chi connectivity index (χ0v) is 13.4. The number of rotatable bonds is 6. The fraction of sp³-hybridized carbons (Fsp3) is 0.375. The van der Waals surface area contributed by atoms with E-state index in [-0.39, 0.29) is 5.91 Å². The monoisotopic (exact) mass is 304 g/mol. The van der Waals surface area contributed by atoms with Crippen molar-refractivity contribution in [2.24, 2.45) is 0 Å². The molecule has 0 aliphatic rings. The molecule has 0 spiro atoms. The maximum Gasteiger partial charge on any atom is 0.248 e. The Kier molecular flexibility index (Phi) is 5.47. The first kappa shape index (κ1) is 15.7.